The van der Waals surface area contributed by atoms with Crippen LogP contribution in [0.2, 0.25) is 0 Å². The van der Waals surface area contributed by atoms with E-state index in [0.29, 0.717) is 36.3 Å². The molecule has 2 aromatic carbocycles. The zero-order chi connectivity index (χ0) is 20.4. The fourth-order valence-electron chi connectivity index (χ4n) is 2.34. The Balaban J connectivity index is 1.89. The summed E-state index contributed by atoms with van der Waals surface area (Å²) in [5.41, 5.74) is 2.66. The standard InChI is InChI=1S/C21H20N2O4S/c1-28(24,25)27-13-3-2-12-26-21-10-6-17(7-11-21)14-20(16-23)19-8-4-18(15-22)5-9-19/h4-11,14H,2-3,12-13H2,1H3/b20-14+. The molecule has 7 heteroatoms. The van der Waals surface area contributed by atoms with Gasteiger partial charge in [-0.05, 0) is 54.3 Å². The second kappa shape index (κ2) is 10.3. The average Bonchev–Trinajstić information content (AvgIpc) is 2.69. The predicted molar refractivity (Wildman–Crippen MR) is 107 cm³/mol. The van der Waals surface area contributed by atoms with E-state index in [1.165, 1.54) is 0 Å². The Labute approximate surface area is 165 Å². The Hall–Kier alpha value is -3.13. The van der Waals surface area contributed by atoms with E-state index in [2.05, 4.69) is 16.3 Å². The van der Waals surface area contributed by atoms with Crippen LogP contribution in [0.4, 0.5) is 0 Å². The summed E-state index contributed by atoms with van der Waals surface area (Å²) in [5.74, 6) is 0.693. The Bertz CT molecular complexity index is 996. The summed E-state index contributed by atoms with van der Waals surface area (Å²) in [6, 6.07) is 18.4. The van der Waals surface area contributed by atoms with Crippen molar-refractivity contribution in [1.29, 1.82) is 10.5 Å². The van der Waals surface area contributed by atoms with Gasteiger partial charge >= 0.3 is 0 Å². The Morgan fingerprint density at radius 1 is 1.00 bits per heavy atom. The molecule has 144 valence electrons. The zero-order valence-corrected chi connectivity index (χ0v) is 16.3. The van der Waals surface area contributed by atoms with Gasteiger partial charge in [0.05, 0.1) is 42.7 Å². The third kappa shape index (κ3) is 7.24. The molecule has 0 amide bonds. The van der Waals surface area contributed by atoms with Gasteiger partial charge < -0.3 is 4.74 Å². The van der Waals surface area contributed by atoms with Gasteiger partial charge in [-0.3, -0.25) is 4.18 Å². The lowest BCUT2D eigenvalue weighted by atomic mass is 10.0. The molecule has 2 aromatic rings. The topological polar surface area (TPSA) is 100 Å². The van der Waals surface area contributed by atoms with Gasteiger partial charge in [-0.25, -0.2) is 0 Å². The molecule has 0 aliphatic rings. The lowest BCUT2D eigenvalue weighted by molar-refractivity contribution is 0.270. The summed E-state index contributed by atoms with van der Waals surface area (Å²) in [7, 11) is -3.39. The van der Waals surface area contributed by atoms with E-state index < -0.39 is 10.1 Å². The summed E-state index contributed by atoms with van der Waals surface area (Å²) >= 11 is 0. The van der Waals surface area contributed by atoms with Crippen LogP contribution < -0.4 is 4.74 Å². The van der Waals surface area contributed by atoms with Crippen LogP contribution in [0, 0.1) is 22.7 Å². The molecule has 0 saturated heterocycles. The van der Waals surface area contributed by atoms with Crippen LogP contribution in [0.15, 0.2) is 48.5 Å². The third-order valence-electron chi connectivity index (χ3n) is 3.74. The Morgan fingerprint density at radius 3 is 2.21 bits per heavy atom. The first-order valence-corrected chi connectivity index (χ1v) is 10.4. The minimum atomic E-state index is -3.39. The highest BCUT2D eigenvalue weighted by molar-refractivity contribution is 7.85. The second-order valence-electron chi connectivity index (χ2n) is 6.01. The summed E-state index contributed by atoms with van der Waals surface area (Å²) in [5, 5.41) is 18.3. The number of unbranched alkanes of at least 4 members (excludes halogenated alkanes) is 1. The highest BCUT2D eigenvalue weighted by Gasteiger charge is 2.03. The van der Waals surface area contributed by atoms with Crippen molar-refractivity contribution in [3.05, 3.63) is 65.2 Å². The van der Waals surface area contributed by atoms with Crippen molar-refractivity contribution in [3.63, 3.8) is 0 Å². The van der Waals surface area contributed by atoms with Crippen LogP contribution in [0.3, 0.4) is 0 Å². The van der Waals surface area contributed by atoms with Crippen molar-refractivity contribution in [1.82, 2.24) is 0 Å². The summed E-state index contributed by atoms with van der Waals surface area (Å²) in [6.45, 7) is 0.606. The third-order valence-corrected chi connectivity index (χ3v) is 4.34. The maximum Gasteiger partial charge on any atom is 0.264 e. The van der Waals surface area contributed by atoms with E-state index in [9.17, 15) is 13.7 Å². The molecule has 0 aliphatic heterocycles. The Morgan fingerprint density at radius 2 is 1.64 bits per heavy atom. The molecule has 0 saturated carbocycles. The molecule has 28 heavy (non-hydrogen) atoms. The van der Waals surface area contributed by atoms with Crippen molar-refractivity contribution in [2.45, 2.75) is 12.8 Å². The number of nitrogens with zero attached hydrogens (tertiary/aromatic N) is 2. The molecule has 0 radical (unpaired) electrons. The molecule has 0 unspecified atom stereocenters. The number of rotatable bonds is 9. The average molecular weight is 396 g/mol. The lowest BCUT2D eigenvalue weighted by Gasteiger charge is -2.07. The van der Waals surface area contributed by atoms with Crippen LogP contribution in [0.1, 0.15) is 29.5 Å². The van der Waals surface area contributed by atoms with Gasteiger partial charge in [0.25, 0.3) is 10.1 Å². The van der Waals surface area contributed by atoms with E-state index in [4.69, 9.17) is 10.00 Å². The normalized spacial score (nSPS) is 11.5. The van der Waals surface area contributed by atoms with Crippen LogP contribution >= 0.6 is 0 Å². The minimum Gasteiger partial charge on any atom is -0.494 e. The van der Waals surface area contributed by atoms with Crippen molar-refractivity contribution in [3.8, 4) is 17.9 Å². The zero-order valence-electron chi connectivity index (χ0n) is 15.5. The SMILES string of the molecule is CS(=O)(=O)OCCCCOc1ccc(/C=C(\C#N)c2ccc(C#N)cc2)cc1. The van der Waals surface area contributed by atoms with Gasteiger partial charge in [0.1, 0.15) is 5.75 Å². The maximum atomic E-state index is 10.8. The number of nitriles is 2. The first-order chi connectivity index (χ1) is 13.4. The van der Waals surface area contributed by atoms with E-state index in [-0.39, 0.29) is 6.61 Å². The van der Waals surface area contributed by atoms with Gasteiger partial charge in [-0.2, -0.15) is 18.9 Å². The van der Waals surface area contributed by atoms with E-state index in [1.807, 2.05) is 24.3 Å². The molecule has 0 aromatic heterocycles. The van der Waals surface area contributed by atoms with Crippen molar-refractivity contribution >= 4 is 21.8 Å². The molecule has 0 heterocycles. The fraction of sp³-hybridized carbons (Fsp3) is 0.238. The summed E-state index contributed by atoms with van der Waals surface area (Å²) < 4.78 is 32.0. The van der Waals surface area contributed by atoms with E-state index in [1.54, 1.807) is 30.3 Å². The first kappa shape index (κ1) is 21.2. The monoisotopic (exact) mass is 396 g/mol. The van der Waals surface area contributed by atoms with Gasteiger partial charge in [0, 0.05) is 0 Å². The molecule has 0 N–H and O–H groups in total. The van der Waals surface area contributed by atoms with Gasteiger partial charge in [-0.1, -0.05) is 24.3 Å². The highest BCUT2D eigenvalue weighted by Crippen LogP contribution is 2.20. The van der Waals surface area contributed by atoms with Gasteiger partial charge in [0.2, 0.25) is 0 Å². The molecular weight excluding hydrogens is 376 g/mol. The molecule has 2 rings (SSSR count). The second-order valence-corrected chi connectivity index (χ2v) is 7.65. The van der Waals surface area contributed by atoms with Crippen LogP contribution in [0.25, 0.3) is 11.6 Å². The van der Waals surface area contributed by atoms with Crippen molar-refractivity contribution in [2.75, 3.05) is 19.5 Å². The molecule has 0 aliphatic carbocycles. The minimum absolute atomic E-state index is 0.151. The molecule has 0 bridgehead atoms. The van der Waals surface area contributed by atoms with Crippen LogP contribution in [0.5, 0.6) is 5.75 Å². The summed E-state index contributed by atoms with van der Waals surface area (Å²) in [6.07, 6.45) is 4.06. The molecule has 0 atom stereocenters. The number of ether oxygens (including phenoxy) is 1. The van der Waals surface area contributed by atoms with Gasteiger partial charge in [0.15, 0.2) is 0 Å². The maximum absolute atomic E-state index is 10.8. The largest absolute Gasteiger partial charge is 0.494 e. The van der Waals surface area contributed by atoms with Crippen LogP contribution in [-0.2, 0) is 14.3 Å². The molecule has 6 nitrogen and oxygen atoms in total. The van der Waals surface area contributed by atoms with Crippen molar-refractivity contribution in [2.24, 2.45) is 0 Å². The Kier molecular flexibility index (Phi) is 7.76. The molecule has 0 fully saturated rings. The smallest absolute Gasteiger partial charge is 0.264 e. The summed E-state index contributed by atoms with van der Waals surface area (Å²) in [4.78, 5) is 0. The number of hydrogen-bond acceptors (Lipinski definition) is 6. The highest BCUT2D eigenvalue weighted by atomic mass is 32.2. The van der Waals surface area contributed by atoms with E-state index in [0.717, 1.165) is 17.4 Å². The quantitative estimate of drug-likeness (QED) is 0.277. The lowest BCUT2D eigenvalue weighted by Crippen LogP contribution is -2.05. The number of benzene rings is 2. The fourth-order valence-corrected chi connectivity index (χ4v) is 2.76. The van der Waals surface area contributed by atoms with Crippen molar-refractivity contribution < 1.29 is 17.3 Å². The molecular formula is C21H20N2O4S. The number of hydrogen-bond donors (Lipinski definition) is 0. The van der Waals surface area contributed by atoms with Gasteiger partial charge in [-0.15, -0.1) is 0 Å². The van der Waals surface area contributed by atoms with E-state index >= 15 is 0 Å². The first-order valence-electron chi connectivity index (χ1n) is 8.61. The molecule has 0 spiro atoms. The number of allylic oxidation sites excluding steroid dienone is 1. The van der Waals surface area contributed by atoms with Crippen LogP contribution in [-0.4, -0.2) is 27.9 Å². The predicted octanol–water partition coefficient (Wildman–Crippen LogP) is 3.76.